The minimum absolute atomic E-state index is 0.0119. The van der Waals surface area contributed by atoms with Gasteiger partial charge in [-0.1, -0.05) is 30.7 Å². The number of carbonyl (C=O) groups excluding carboxylic acids is 1. The Morgan fingerprint density at radius 3 is 2.54 bits per heavy atom. The summed E-state index contributed by atoms with van der Waals surface area (Å²) in [5, 5.41) is 9.69. The van der Waals surface area contributed by atoms with Crippen LogP contribution in [0.15, 0.2) is 24.3 Å². The van der Waals surface area contributed by atoms with Crippen molar-refractivity contribution in [2.75, 3.05) is 50.4 Å². The maximum absolute atomic E-state index is 12.1. The number of anilines is 2. The molecule has 0 bridgehead atoms. The predicted molar refractivity (Wildman–Crippen MR) is 137 cm³/mol. The third kappa shape index (κ3) is 5.95. The first-order chi connectivity index (χ1) is 16.9. The lowest BCUT2D eigenvalue weighted by Crippen LogP contribution is -2.58. The van der Waals surface area contributed by atoms with Gasteiger partial charge in [-0.25, -0.2) is 15.4 Å². The molecule has 4 rings (SSSR count). The fraction of sp³-hybridized carbons (Fsp3) is 0.542. The number of piperidine rings is 1. The van der Waals surface area contributed by atoms with Crippen LogP contribution in [-0.2, 0) is 6.54 Å². The van der Waals surface area contributed by atoms with E-state index in [-0.39, 0.29) is 16.7 Å². The number of piperazine rings is 1. The minimum Gasteiger partial charge on any atom is -0.508 e. The van der Waals surface area contributed by atoms with Crippen molar-refractivity contribution >= 4 is 29.1 Å². The van der Waals surface area contributed by atoms with E-state index < -0.39 is 5.91 Å². The van der Waals surface area contributed by atoms with Crippen LogP contribution in [-0.4, -0.2) is 82.6 Å². The molecule has 2 saturated heterocycles. The van der Waals surface area contributed by atoms with Crippen LogP contribution in [0, 0.1) is 0 Å². The smallest absolute Gasteiger partial charge is 0.287 e. The molecule has 190 valence electrons. The van der Waals surface area contributed by atoms with Crippen LogP contribution in [0.1, 0.15) is 42.2 Å². The number of hydrogen-bond acceptors (Lipinski definition) is 9. The third-order valence-corrected chi connectivity index (χ3v) is 7.24. The highest BCUT2D eigenvalue weighted by Crippen LogP contribution is 2.30. The molecule has 1 aromatic carbocycles. The number of benzene rings is 1. The van der Waals surface area contributed by atoms with Gasteiger partial charge < -0.3 is 15.7 Å². The summed E-state index contributed by atoms with van der Waals surface area (Å²) in [5.41, 5.74) is 12.3. The molecule has 0 aliphatic carbocycles. The van der Waals surface area contributed by atoms with Crippen LogP contribution in [0.2, 0.25) is 5.15 Å². The molecule has 1 amide bonds. The fourth-order valence-electron chi connectivity index (χ4n) is 5.13. The molecule has 2 aromatic rings. The SMILES string of the molecule is CCC1CN(c2nc(N)c(C(=O)NNC)nc2Cl)CCN1C1CCN(Cc2ccc(O)cc2)CC1. The Labute approximate surface area is 211 Å². The third-order valence-electron chi connectivity index (χ3n) is 6.98. The Morgan fingerprint density at radius 1 is 1.17 bits per heavy atom. The lowest BCUT2D eigenvalue weighted by molar-refractivity contribution is 0.0610. The summed E-state index contributed by atoms with van der Waals surface area (Å²) in [6.45, 7) is 7.74. The summed E-state index contributed by atoms with van der Waals surface area (Å²) in [4.78, 5) is 28.0. The second-order valence-corrected chi connectivity index (χ2v) is 9.55. The number of rotatable bonds is 7. The number of nitrogens with two attached hydrogens (primary N) is 1. The van der Waals surface area contributed by atoms with Gasteiger partial charge in [0, 0.05) is 45.3 Å². The number of likely N-dealkylation sites (tertiary alicyclic amines) is 1. The zero-order chi connectivity index (χ0) is 24.9. The van der Waals surface area contributed by atoms with Gasteiger partial charge in [0.05, 0.1) is 0 Å². The Morgan fingerprint density at radius 2 is 1.89 bits per heavy atom. The van der Waals surface area contributed by atoms with Crippen molar-refractivity contribution in [1.29, 1.82) is 0 Å². The molecule has 1 unspecified atom stereocenters. The van der Waals surface area contributed by atoms with Gasteiger partial charge in [0.15, 0.2) is 22.5 Å². The van der Waals surface area contributed by atoms with Crippen molar-refractivity contribution in [3.05, 3.63) is 40.7 Å². The highest BCUT2D eigenvalue weighted by atomic mass is 35.5. The van der Waals surface area contributed by atoms with Gasteiger partial charge in [0.1, 0.15) is 5.75 Å². The highest BCUT2D eigenvalue weighted by Gasteiger charge is 2.34. The zero-order valence-corrected chi connectivity index (χ0v) is 21.1. The highest BCUT2D eigenvalue weighted by molar-refractivity contribution is 6.32. The Balaban J connectivity index is 1.36. The number of phenols is 1. The molecule has 10 nitrogen and oxygen atoms in total. The van der Waals surface area contributed by atoms with Crippen molar-refractivity contribution in [2.45, 2.75) is 44.8 Å². The number of carbonyl (C=O) groups is 1. The summed E-state index contributed by atoms with van der Waals surface area (Å²) in [7, 11) is 1.58. The fourth-order valence-corrected chi connectivity index (χ4v) is 5.38. The Bertz CT molecular complexity index is 1010. The molecule has 0 radical (unpaired) electrons. The largest absolute Gasteiger partial charge is 0.508 e. The second kappa shape index (κ2) is 11.4. The van der Waals surface area contributed by atoms with Crippen LogP contribution in [0.3, 0.4) is 0 Å². The lowest BCUT2D eigenvalue weighted by atomic mass is 9.98. The van der Waals surface area contributed by atoms with Gasteiger partial charge in [-0.15, -0.1) is 0 Å². The van der Waals surface area contributed by atoms with E-state index in [0.29, 0.717) is 23.7 Å². The number of amides is 1. The van der Waals surface area contributed by atoms with Gasteiger partial charge in [-0.2, -0.15) is 0 Å². The van der Waals surface area contributed by atoms with E-state index in [9.17, 15) is 9.90 Å². The number of nitrogen functional groups attached to an aromatic ring is 1. The molecule has 0 saturated carbocycles. The van der Waals surface area contributed by atoms with E-state index in [2.05, 4.69) is 42.4 Å². The quantitative estimate of drug-likeness (QED) is 0.420. The van der Waals surface area contributed by atoms with E-state index in [0.717, 1.165) is 58.5 Å². The number of nitrogens with zero attached hydrogens (tertiary/aromatic N) is 5. The first-order valence-corrected chi connectivity index (χ1v) is 12.6. The second-order valence-electron chi connectivity index (χ2n) is 9.20. The lowest BCUT2D eigenvalue weighted by Gasteiger charge is -2.47. The predicted octanol–water partition coefficient (Wildman–Crippen LogP) is 1.85. The summed E-state index contributed by atoms with van der Waals surface area (Å²) in [6, 6.07) is 8.42. The molecule has 2 aliphatic heterocycles. The molecule has 0 spiro atoms. The molecule has 35 heavy (non-hydrogen) atoms. The van der Waals surface area contributed by atoms with E-state index in [1.165, 1.54) is 5.56 Å². The Hall–Kier alpha value is -2.66. The molecule has 3 heterocycles. The summed E-state index contributed by atoms with van der Waals surface area (Å²) < 4.78 is 0. The van der Waals surface area contributed by atoms with Crippen molar-refractivity contribution in [3.8, 4) is 5.75 Å². The maximum atomic E-state index is 12.1. The first kappa shape index (κ1) is 25.4. The maximum Gasteiger partial charge on any atom is 0.287 e. The van der Waals surface area contributed by atoms with Crippen LogP contribution >= 0.6 is 11.6 Å². The number of aromatic nitrogens is 2. The Kier molecular flexibility index (Phi) is 8.27. The molecule has 1 aromatic heterocycles. The van der Waals surface area contributed by atoms with Crippen molar-refractivity contribution in [2.24, 2.45) is 0 Å². The van der Waals surface area contributed by atoms with Gasteiger partial charge in [-0.3, -0.25) is 20.0 Å². The van der Waals surface area contributed by atoms with Crippen LogP contribution < -0.4 is 21.5 Å². The normalized spacial score (nSPS) is 20.2. The first-order valence-electron chi connectivity index (χ1n) is 12.2. The van der Waals surface area contributed by atoms with E-state index in [4.69, 9.17) is 17.3 Å². The van der Waals surface area contributed by atoms with Crippen LogP contribution in [0.5, 0.6) is 5.75 Å². The topological polar surface area (TPSA) is 123 Å². The number of aromatic hydroxyl groups is 1. The van der Waals surface area contributed by atoms with Gasteiger partial charge in [0.2, 0.25) is 0 Å². The average Bonchev–Trinajstić information content (AvgIpc) is 2.87. The molecular formula is C24H35ClN8O2. The number of phenolic OH excluding ortho intramolecular Hbond substituents is 1. The van der Waals surface area contributed by atoms with Gasteiger partial charge in [0.25, 0.3) is 5.91 Å². The van der Waals surface area contributed by atoms with E-state index >= 15 is 0 Å². The average molecular weight is 503 g/mol. The van der Waals surface area contributed by atoms with E-state index in [1.807, 2.05) is 12.1 Å². The summed E-state index contributed by atoms with van der Waals surface area (Å²) in [5.74, 6) is 0.432. The van der Waals surface area contributed by atoms with Crippen molar-refractivity contribution < 1.29 is 9.90 Å². The van der Waals surface area contributed by atoms with Gasteiger partial charge in [-0.05, 0) is 50.0 Å². The van der Waals surface area contributed by atoms with E-state index in [1.54, 1.807) is 19.2 Å². The van der Waals surface area contributed by atoms with Crippen molar-refractivity contribution in [3.63, 3.8) is 0 Å². The number of halogens is 1. The van der Waals surface area contributed by atoms with Crippen molar-refractivity contribution in [1.82, 2.24) is 30.6 Å². The summed E-state index contributed by atoms with van der Waals surface area (Å²) in [6.07, 6.45) is 3.29. The number of hydrazine groups is 1. The molecular weight excluding hydrogens is 468 g/mol. The van der Waals surface area contributed by atoms with Crippen LogP contribution in [0.4, 0.5) is 11.6 Å². The zero-order valence-electron chi connectivity index (χ0n) is 20.4. The molecule has 2 fully saturated rings. The molecule has 11 heteroatoms. The minimum atomic E-state index is -0.473. The number of hydrogen-bond donors (Lipinski definition) is 4. The number of nitrogens with one attached hydrogen (secondary N) is 2. The van der Waals surface area contributed by atoms with Crippen LogP contribution in [0.25, 0.3) is 0 Å². The molecule has 2 aliphatic rings. The monoisotopic (exact) mass is 502 g/mol. The van der Waals surface area contributed by atoms with Gasteiger partial charge >= 0.3 is 0 Å². The standard InChI is InChI=1S/C24H35ClN8O2/c1-3-17-15-32(23-21(25)28-20(22(26)29-23)24(35)30-27-2)12-13-33(17)18-8-10-31(11-9-18)14-16-4-6-19(34)7-5-16/h4-7,17-18,27,34H,3,8-15H2,1-2H3,(H2,26,29)(H,30,35). The molecule has 1 atom stereocenters. The summed E-state index contributed by atoms with van der Waals surface area (Å²) >= 11 is 6.44. The molecule has 5 N–H and O–H groups in total.